The number of nitrogens with zero attached hydrogens (tertiary/aromatic N) is 1. The zero-order chi connectivity index (χ0) is 44.8. The molecule has 0 radical (unpaired) electrons. The number of Topliss-reactive ketones (excluding diaryl/α,β-unsaturated/α-hetero) is 3. The molecule has 0 heterocycles. The van der Waals surface area contributed by atoms with Crippen LogP contribution in [0.25, 0.3) is 4.85 Å². The number of aryl methyl sites for hydroxylation is 3. The minimum Gasteiger partial charge on any atom is -0.508 e. The van der Waals surface area contributed by atoms with E-state index in [9.17, 15) is 79.2 Å². The van der Waals surface area contributed by atoms with Gasteiger partial charge < -0.3 is 9.29 Å². The van der Waals surface area contributed by atoms with Crippen molar-refractivity contribution in [3.63, 3.8) is 0 Å². The molecule has 0 spiro atoms. The van der Waals surface area contributed by atoms with Gasteiger partial charge in [-0.3, -0.25) is 14.4 Å². The summed E-state index contributed by atoms with van der Waals surface area (Å²) in [6.07, 6.45) is 6.46. The molecule has 322 valence electrons. The van der Waals surface area contributed by atoms with Crippen LogP contribution in [0.15, 0.2) is 54.6 Å². The third-order valence-electron chi connectivity index (χ3n) is 8.07. The molecular formula is C34H28F9NO12S3. The molecule has 0 saturated carbocycles. The average molecular weight is 910 g/mol. The van der Waals surface area contributed by atoms with Crippen molar-refractivity contribution in [3.8, 4) is 11.5 Å². The lowest BCUT2D eigenvalue weighted by molar-refractivity contribution is -0.0586. The number of rotatable bonds is 4. The highest BCUT2D eigenvalue weighted by atomic mass is 32.3. The van der Waals surface area contributed by atoms with Crippen LogP contribution in [0.4, 0.5) is 45.2 Å². The molecule has 0 unspecified atom stereocenters. The number of benzene rings is 3. The highest BCUT2D eigenvalue weighted by Gasteiger charge is 2.57. The fraction of sp³-hybridized carbons (Fsp3) is 0.353. The SMILES string of the molecule is O=C1CCCc2cc(O)ccc21.O=C1CCCc2cc(OS(=O)(=O)C(F)(F)F)ccc21.O=S(=O)(OS(=O)(=O)C(F)(F)F)C(F)(F)F.[C-]#[N+]c1ccc2c(c1)CCCC2=O. The zero-order valence-electron chi connectivity index (χ0n) is 29.6. The zero-order valence-corrected chi connectivity index (χ0v) is 32.0. The molecule has 3 aromatic carbocycles. The summed E-state index contributed by atoms with van der Waals surface area (Å²) in [4.78, 5) is 37.6. The Bertz CT molecular complexity index is 2430. The predicted molar refractivity (Wildman–Crippen MR) is 186 cm³/mol. The molecule has 3 aliphatic rings. The van der Waals surface area contributed by atoms with Crippen molar-refractivity contribution in [2.24, 2.45) is 0 Å². The lowest BCUT2D eigenvalue weighted by Crippen LogP contribution is -2.34. The number of carbonyl (C=O) groups excluding carboxylic acids is 3. The Morgan fingerprint density at radius 2 is 0.898 bits per heavy atom. The van der Waals surface area contributed by atoms with Crippen molar-refractivity contribution in [3.05, 3.63) is 99.4 Å². The molecule has 6 rings (SSSR count). The van der Waals surface area contributed by atoms with E-state index in [2.05, 4.69) is 9.03 Å². The van der Waals surface area contributed by atoms with E-state index in [-0.39, 0.29) is 23.1 Å². The molecule has 0 amide bonds. The number of ketones is 3. The molecule has 0 bridgehead atoms. The van der Waals surface area contributed by atoms with E-state index in [1.165, 1.54) is 6.07 Å². The van der Waals surface area contributed by atoms with Gasteiger partial charge in [-0.25, -0.2) is 4.85 Å². The van der Waals surface area contributed by atoms with Gasteiger partial charge in [0, 0.05) is 36.0 Å². The Hall–Kier alpha value is -5.06. The van der Waals surface area contributed by atoms with Crippen molar-refractivity contribution in [1.82, 2.24) is 0 Å². The molecule has 0 aromatic heterocycles. The highest BCUT2D eigenvalue weighted by molar-refractivity contribution is 8.00. The number of hydrogen-bond donors (Lipinski definition) is 1. The fourth-order valence-electron chi connectivity index (χ4n) is 5.38. The number of phenols is 1. The van der Waals surface area contributed by atoms with E-state index in [0.29, 0.717) is 48.9 Å². The van der Waals surface area contributed by atoms with E-state index in [1.807, 2.05) is 9.70 Å². The quantitative estimate of drug-likeness (QED) is 0.116. The average Bonchev–Trinajstić information content (AvgIpc) is 3.10. The summed E-state index contributed by atoms with van der Waals surface area (Å²) >= 11 is 0. The monoisotopic (exact) mass is 909 g/mol. The summed E-state index contributed by atoms with van der Waals surface area (Å²) in [5.41, 5.74) is -12.8. The van der Waals surface area contributed by atoms with Crippen LogP contribution in [-0.2, 0) is 53.2 Å². The summed E-state index contributed by atoms with van der Waals surface area (Å²) < 4.78 is 172. The summed E-state index contributed by atoms with van der Waals surface area (Å²) in [6, 6.07) is 13.8. The number of halogens is 9. The fourth-order valence-corrected chi connectivity index (χ4v) is 7.39. The van der Waals surface area contributed by atoms with Crippen LogP contribution in [0.1, 0.15) is 86.3 Å². The molecule has 0 aliphatic heterocycles. The van der Waals surface area contributed by atoms with Crippen LogP contribution < -0.4 is 4.18 Å². The molecule has 3 aromatic rings. The number of carbonyl (C=O) groups is 3. The second-order valence-electron chi connectivity index (χ2n) is 12.3. The van der Waals surface area contributed by atoms with Crippen LogP contribution in [0.5, 0.6) is 11.5 Å². The summed E-state index contributed by atoms with van der Waals surface area (Å²) in [7, 11) is -19.4. The number of hydrogen-bond acceptors (Lipinski definition) is 12. The topological polar surface area (TPSA) is 197 Å². The second kappa shape index (κ2) is 18.5. The van der Waals surface area contributed by atoms with Gasteiger partial charge in [0.1, 0.15) is 11.5 Å². The van der Waals surface area contributed by atoms with Crippen LogP contribution in [-0.4, -0.2) is 64.2 Å². The lowest BCUT2D eigenvalue weighted by Gasteiger charge is -2.16. The van der Waals surface area contributed by atoms with Gasteiger partial charge in [-0.15, -0.1) is 3.63 Å². The summed E-state index contributed by atoms with van der Waals surface area (Å²) in [5, 5.41) is 9.16. The first kappa shape index (κ1) is 48.3. The normalized spacial score (nSPS) is 15.6. The Labute approximate surface area is 329 Å². The number of alkyl halides is 9. The largest absolute Gasteiger partial charge is 0.534 e. The first-order chi connectivity index (χ1) is 27.0. The van der Waals surface area contributed by atoms with Gasteiger partial charge >= 0.3 is 46.9 Å². The minimum atomic E-state index is -6.85. The summed E-state index contributed by atoms with van der Waals surface area (Å²) in [5.74, 6) is 0.134. The molecule has 1 N–H and O–H groups in total. The van der Waals surface area contributed by atoms with Gasteiger partial charge in [-0.2, -0.15) is 64.8 Å². The van der Waals surface area contributed by atoms with Crippen molar-refractivity contribution in [1.29, 1.82) is 0 Å². The first-order valence-electron chi connectivity index (χ1n) is 16.4. The van der Waals surface area contributed by atoms with Crippen molar-refractivity contribution < 1.29 is 92.1 Å². The Balaban J connectivity index is 0.000000213. The maximum Gasteiger partial charge on any atom is 0.534 e. The van der Waals surface area contributed by atoms with Crippen LogP contribution in [0, 0.1) is 6.57 Å². The molecule has 0 fully saturated rings. The maximum atomic E-state index is 12.2. The predicted octanol–water partition coefficient (Wildman–Crippen LogP) is 7.80. The van der Waals surface area contributed by atoms with E-state index < -0.39 is 52.6 Å². The molecule has 0 atom stereocenters. The van der Waals surface area contributed by atoms with Gasteiger partial charge in [0.15, 0.2) is 23.0 Å². The summed E-state index contributed by atoms with van der Waals surface area (Å²) in [6.45, 7) is 6.85. The maximum absolute atomic E-state index is 12.2. The van der Waals surface area contributed by atoms with Crippen molar-refractivity contribution in [2.75, 3.05) is 0 Å². The minimum absolute atomic E-state index is 0.105. The molecule has 25 heteroatoms. The van der Waals surface area contributed by atoms with Gasteiger partial charge in [-0.1, -0.05) is 18.2 Å². The van der Waals surface area contributed by atoms with Gasteiger partial charge in [0.2, 0.25) is 0 Å². The van der Waals surface area contributed by atoms with Gasteiger partial charge in [0.25, 0.3) is 0 Å². The third kappa shape index (κ3) is 12.7. The molecule has 59 heavy (non-hydrogen) atoms. The number of fused-ring (bicyclic) bond motifs is 3. The smallest absolute Gasteiger partial charge is 0.508 e. The Morgan fingerprint density at radius 3 is 1.31 bits per heavy atom. The molecular weight excluding hydrogens is 882 g/mol. The van der Waals surface area contributed by atoms with Gasteiger partial charge in [0.05, 0.1) is 6.57 Å². The van der Waals surface area contributed by atoms with E-state index in [4.69, 9.17) is 11.7 Å². The standard InChI is InChI=1S/C11H9F3O4S.C11H9NO.C10H10O2.C2F6O5S2/c12-11(13,14)19(16,17)18-8-4-5-9-7(6-8)2-1-3-10(9)15;1-12-9-5-6-10-8(7-9)3-2-4-11(10)13;11-8-4-5-9-7(6-8)2-1-3-10(9)12;3-1(4,5)14(9,10)13-15(11,12)2(6,7)8/h4-6H,1-3H2;5-7H,2-4H2;4-6,11H,1-3H2;. The third-order valence-corrected chi connectivity index (χ3v) is 11.6. The van der Waals surface area contributed by atoms with Crippen LogP contribution in [0.3, 0.4) is 0 Å². The van der Waals surface area contributed by atoms with E-state index in [1.54, 1.807) is 30.3 Å². The number of aromatic hydroxyl groups is 1. The molecule has 13 nitrogen and oxygen atoms in total. The van der Waals surface area contributed by atoms with Crippen molar-refractivity contribution in [2.45, 2.75) is 74.3 Å². The second-order valence-corrected chi connectivity index (χ2v) is 17.1. The first-order valence-corrected chi connectivity index (χ1v) is 20.6. The Kier molecular flexibility index (Phi) is 15.1. The Morgan fingerprint density at radius 1 is 0.525 bits per heavy atom. The van der Waals surface area contributed by atoms with Crippen LogP contribution in [0.2, 0.25) is 0 Å². The number of phenolic OH excluding ortho intramolecular Hbond substituents is 1. The lowest BCUT2D eigenvalue weighted by atomic mass is 9.90. The molecule has 3 aliphatic carbocycles. The van der Waals surface area contributed by atoms with E-state index >= 15 is 0 Å². The highest BCUT2D eigenvalue weighted by Crippen LogP contribution is 2.33. The van der Waals surface area contributed by atoms with Crippen LogP contribution >= 0.6 is 0 Å². The van der Waals surface area contributed by atoms with E-state index in [0.717, 1.165) is 60.1 Å². The van der Waals surface area contributed by atoms with Crippen molar-refractivity contribution >= 4 is 53.4 Å². The van der Waals surface area contributed by atoms with Gasteiger partial charge in [-0.05, 0) is 91.6 Å². The molecule has 0 saturated heterocycles.